The Morgan fingerprint density at radius 1 is 1.57 bits per heavy atom. The van der Waals surface area contributed by atoms with Crippen molar-refractivity contribution in [3.63, 3.8) is 0 Å². The van der Waals surface area contributed by atoms with Gasteiger partial charge in [0, 0.05) is 0 Å². The Balaban J connectivity index is 2.89. The molecule has 1 heterocycles. The van der Waals surface area contributed by atoms with E-state index >= 15 is 0 Å². The maximum Gasteiger partial charge on any atom is 0.329 e. The van der Waals surface area contributed by atoms with Crippen molar-refractivity contribution in [1.82, 2.24) is 0 Å². The van der Waals surface area contributed by atoms with Crippen LogP contribution in [0.4, 0.5) is 0 Å². The van der Waals surface area contributed by atoms with Gasteiger partial charge in [0.05, 0.1) is 0 Å². The Hall–Kier alpha value is -0.770. The molecule has 0 saturated heterocycles. The minimum absolute atomic E-state index is 0.167. The van der Waals surface area contributed by atoms with Crippen LogP contribution in [0.25, 0.3) is 0 Å². The van der Waals surface area contributed by atoms with Crippen molar-refractivity contribution in [3.05, 3.63) is 0 Å². The van der Waals surface area contributed by atoms with E-state index in [9.17, 15) is 4.79 Å². The van der Waals surface area contributed by atoms with Crippen LogP contribution in [0.2, 0.25) is 0 Å². The third-order valence-corrected chi connectivity index (χ3v) is 0.682. The van der Waals surface area contributed by atoms with Crippen molar-refractivity contribution < 1.29 is 4.79 Å². The van der Waals surface area contributed by atoms with Crippen molar-refractivity contribution in [1.29, 1.82) is 0 Å². The van der Waals surface area contributed by atoms with E-state index in [2.05, 4.69) is 15.4 Å². The predicted molar refractivity (Wildman–Crippen MR) is 23.2 cm³/mol. The number of halogens is 1. The summed E-state index contributed by atoms with van der Waals surface area (Å²) >= 11 is 5.08. The molecule has 7 heavy (non-hydrogen) atoms. The third-order valence-electron chi connectivity index (χ3n) is 0.445. The van der Waals surface area contributed by atoms with Crippen LogP contribution in [0.15, 0.2) is 15.4 Å². The predicted octanol–water partition coefficient (Wildman–Crippen LogP) is 0.531. The van der Waals surface area contributed by atoms with E-state index in [0.29, 0.717) is 0 Å². The summed E-state index contributed by atoms with van der Waals surface area (Å²) in [5.74, 6) is -0.568. The lowest BCUT2D eigenvalue weighted by atomic mass is 10.7. The fourth-order valence-electron chi connectivity index (χ4n) is 0.186. The number of rotatable bonds is 0. The molecule has 1 amide bonds. The first-order valence-electron chi connectivity index (χ1n) is 1.49. The number of nitrogens with zero attached hydrogens (tertiary/aromatic N) is 3. The summed E-state index contributed by atoms with van der Waals surface area (Å²) < 4.78 is 0. The van der Waals surface area contributed by atoms with Gasteiger partial charge in [-0.15, -0.1) is 5.10 Å². The topological polar surface area (TPSA) is 54.1 Å². The molecule has 0 spiro atoms. The second kappa shape index (κ2) is 1.38. The molecule has 4 nitrogen and oxygen atoms in total. The molecule has 1 aliphatic rings. The zero-order chi connectivity index (χ0) is 5.28. The molecule has 36 valence electrons. The Morgan fingerprint density at radius 3 is 2.43 bits per heavy atom. The number of hydrogen-bond donors (Lipinski definition) is 0. The van der Waals surface area contributed by atoms with E-state index in [-0.39, 0.29) is 5.17 Å². The second-order valence-electron chi connectivity index (χ2n) is 0.885. The zero-order valence-corrected chi connectivity index (χ0v) is 3.88. The van der Waals surface area contributed by atoms with Crippen LogP contribution in [0, 0.1) is 0 Å². The minimum atomic E-state index is -0.568. The molecule has 0 aromatic rings. The van der Waals surface area contributed by atoms with Gasteiger partial charge >= 0.3 is 5.91 Å². The number of amides is 1. The van der Waals surface area contributed by atoms with E-state index in [4.69, 9.17) is 11.6 Å². The molecule has 0 fully saturated rings. The lowest BCUT2D eigenvalue weighted by Crippen LogP contribution is -1.96. The summed E-state index contributed by atoms with van der Waals surface area (Å²) in [5, 5.41) is 8.89. The third kappa shape index (κ3) is 0.640. The van der Waals surface area contributed by atoms with Gasteiger partial charge in [0.2, 0.25) is 5.17 Å². The van der Waals surface area contributed by atoms with Crippen molar-refractivity contribution in [2.75, 3.05) is 0 Å². The molecule has 1 rings (SSSR count). The summed E-state index contributed by atoms with van der Waals surface area (Å²) in [6.07, 6.45) is 0. The van der Waals surface area contributed by atoms with Gasteiger partial charge in [0.25, 0.3) is 0 Å². The molecule has 0 radical (unpaired) electrons. The van der Waals surface area contributed by atoms with Crippen LogP contribution in [0.1, 0.15) is 0 Å². The molecule has 0 aromatic heterocycles. The largest absolute Gasteiger partial charge is 0.329 e. The van der Waals surface area contributed by atoms with Crippen molar-refractivity contribution in [3.8, 4) is 0 Å². The maximum atomic E-state index is 10.1. The minimum Gasteiger partial charge on any atom is -0.262 e. The van der Waals surface area contributed by atoms with Gasteiger partial charge in [-0.3, -0.25) is 4.79 Å². The molecule has 0 bridgehead atoms. The molecular weight excluding hydrogens is 117 g/mol. The summed E-state index contributed by atoms with van der Waals surface area (Å²) in [7, 11) is 0. The summed E-state index contributed by atoms with van der Waals surface area (Å²) in [4.78, 5) is 10.1. The first-order valence-corrected chi connectivity index (χ1v) is 1.87. The number of hydrogen-bond acceptors (Lipinski definition) is 3. The second-order valence-corrected chi connectivity index (χ2v) is 1.24. The van der Waals surface area contributed by atoms with Crippen molar-refractivity contribution in [2.24, 2.45) is 15.4 Å². The lowest BCUT2D eigenvalue weighted by Gasteiger charge is -1.68. The average Bonchev–Trinajstić information content (AvgIpc) is 1.91. The van der Waals surface area contributed by atoms with Gasteiger partial charge in [-0.25, -0.2) is 0 Å². The fraction of sp³-hybridized carbons (Fsp3) is 0. The smallest absolute Gasteiger partial charge is 0.262 e. The summed E-state index contributed by atoms with van der Waals surface area (Å²) in [6, 6.07) is 0. The van der Waals surface area contributed by atoms with E-state index in [0.717, 1.165) is 0 Å². The molecule has 0 aliphatic carbocycles. The maximum absolute atomic E-state index is 10.1. The molecule has 0 unspecified atom stereocenters. The highest BCUT2D eigenvalue weighted by Crippen LogP contribution is 1.98. The van der Waals surface area contributed by atoms with Gasteiger partial charge in [-0.1, -0.05) is 16.7 Å². The van der Waals surface area contributed by atoms with E-state index in [1.165, 1.54) is 0 Å². The molecule has 0 N–H and O–H groups in total. The number of carbonyl (C=O) groups excluding carboxylic acids is 1. The molecule has 1 aliphatic heterocycles. The summed E-state index contributed by atoms with van der Waals surface area (Å²) in [6.45, 7) is 0. The van der Waals surface area contributed by atoms with Gasteiger partial charge < -0.3 is 0 Å². The first-order chi connectivity index (χ1) is 3.30. The van der Waals surface area contributed by atoms with Crippen LogP contribution >= 0.6 is 11.6 Å². The van der Waals surface area contributed by atoms with Gasteiger partial charge in [-0.2, -0.15) is 0 Å². The highest BCUT2D eigenvalue weighted by atomic mass is 35.5. The molecular formula is C2ClN3O. The first kappa shape index (κ1) is 4.39. The monoisotopic (exact) mass is 117 g/mol. The van der Waals surface area contributed by atoms with Gasteiger partial charge in [0.1, 0.15) is 0 Å². The Kier molecular flexibility index (Phi) is 0.867. The standard InChI is InChI=1S/C2ClN3O/c3-1-2(7)5-6-4-1. The van der Waals surface area contributed by atoms with E-state index in [1.54, 1.807) is 0 Å². The van der Waals surface area contributed by atoms with Gasteiger partial charge in [0.15, 0.2) is 0 Å². The Bertz CT molecular complexity index is 160. The van der Waals surface area contributed by atoms with Crippen LogP contribution in [0.3, 0.4) is 0 Å². The van der Waals surface area contributed by atoms with E-state index in [1.807, 2.05) is 0 Å². The molecule has 0 saturated carbocycles. The number of carbonyl (C=O) groups is 1. The average molecular weight is 117 g/mol. The zero-order valence-electron chi connectivity index (χ0n) is 3.13. The molecule has 0 atom stereocenters. The highest BCUT2D eigenvalue weighted by Gasteiger charge is 2.10. The van der Waals surface area contributed by atoms with Crippen molar-refractivity contribution in [2.45, 2.75) is 0 Å². The Morgan fingerprint density at radius 2 is 2.29 bits per heavy atom. The fourth-order valence-corrected chi connectivity index (χ4v) is 0.258. The quantitative estimate of drug-likeness (QED) is 0.457. The van der Waals surface area contributed by atoms with Crippen LogP contribution in [-0.2, 0) is 4.79 Å². The lowest BCUT2D eigenvalue weighted by molar-refractivity contribution is -0.111. The molecule has 0 aromatic carbocycles. The van der Waals surface area contributed by atoms with Crippen LogP contribution < -0.4 is 0 Å². The summed E-state index contributed by atoms with van der Waals surface area (Å²) in [5.41, 5.74) is 0. The van der Waals surface area contributed by atoms with Crippen LogP contribution in [-0.4, -0.2) is 11.1 Å². The van der Waals surface area contributed by atoms with E-state index < -0.39 is 5.91 Å². The van der Waals surface area contributed by atoms with Crippen LogP contribution in [0.5, 0.6) is 0 Å². The highest BCUT2D eigenvalue weighted by molar-refractivity contribution is 6.83. The Labute approximate surface area is 43.9 Å². The van der Waals surface area contributed by atoms with Gasteiger partial charge in [-0.05, 0) is 5.22 Å². The molecule has 5 heteroatoms. The SMILES string of the molecule is O=C1N=NN=C1Cl. The normalized spacial score (nSPS) is 17.9. The van der Waals surface area contributed by atoms with Crippen molar-refractivity contribution >= 4 is 22.7 Å².